The van der Waals surface area contributed by atoms with Gasteiger partial charge in [0.2, 0.25) is 0 Å². The van der Waals surface area contributed by atoms with Crippen molar-refractivity contribution in [1.29, 1.82) is 0 Å². The molecule has 5 aliphatic heterocycles. The largest absolute Gasteiger partial charge is 1.00 e. The predicted molar refractivity (Wildman–Crippen MR) is 448 cm³/mol. The minimum atomic E-state index is -3.15. The molecule has 5 fully saturated rings. The zero-order valence-corrected chi connectivity index (χ0v) is 69.2. The van der Waals surface area contributed by atoms with Crippen LogP contribution in [-0.4, -0.2) is 83.0 Å². The van der Waals surface area contributed by atoms with Crippen LogP contribution in [0.5, 0.6) is 0 Å². The van der Waals surface area contributed by atoms with Crippen molar-refractivity contribution in [2.75, 3.05) is 66.1 Å². The van der Waals surface area contributed by atoms with Gasteiger partial charge in [0.25, 0.3) is 0 Å². The molecule has 15 rings (SSSR count). The molecule has 10 aromatic carbocycles. The molecular formula is C96H118Li2N2O6Si2. The second-order valence-electron chi connectivity index (χ2n) is 31.3. The van der Waals surface area contributed by atoms with Crippen LogP contribution in [0.2, 0.25) is 26.2 Å². The van der Waals surface area contributed by atoms with Crippen LogP contribution in [0.15, 0.2) is 267 Å². The summed E-state index contributed by atoms with van der Waals surface area (Å²) in [5.41, 5.74) is 18.6. The van der Waals surface area contributed by atoms with Gasteiger partial charge < -0.3 is 37.8 Å². The van der Waals surface area contributed by atoms with Crippen molar-refractivity contribution in [2.45, 2.75) is 166 Å². The van der Waals surface area contributed by atoms with E-state index in [1.807, 2.05) is 0 Å². The first-order valence-electron chi connectivity index (χ1n) is 39.2. The average Bonchev–Trinajstić information content (AvgIpc) is 0.901. The number of hydrogen-bond acceptors (Lipinski definition) is 6. The van der Waals surface area contributed by atoms with Gasteiger partial charge >= 0.3 is 37.7 Å². The first-order chi connectivity index (χ1) is 51.4. The van der Waals surface area contributed by atoms with E-state index in [4.69, 9.17) is 37.8 Å². The standard InChI is InChI=1S/C76H78N2OSi2.5C4H8O.2Li/c1-75(2,3)63-51-65(69(55-35-19-11-20-36-55)56-37-21-12-22-38-56)73(66(52-63)70(57-39-23-13-24-40-57)58-41-25-14-26-42-58)77-80(7,8)79-81(9,10)78-74-67(71(59-43-27-15-28-44-59)60-45-29-16-30-46-60)53-64(76(4,5)6)54-68(74)72(61-47-31-17-32-48-61)62-49-33-18-34-50-62;5*1-2-4-5-3-1;;/h11-54,69-72H,1-10H3;5*1-4H2;;/q-2;;;;;;2*+1. The van der Waals surface area contributed by atoms with E-state index < -0.39 is 17.0 Å². The zero-order valence-electron chi connectivity index (χ0n) is 67.2. The van der Waals surface area contributed by atoms with E-state index in [1.54, 1.807) is 0 Å². The van der Waals surface area contributed by atoms with E-state index in [9.17, 15) is 0 Å². The van der Waals surface area contributed by atoms with Crippen LogP contribution in [0.4, 0.5) is 11.4 Å². The summed E-state index contributed by atoms with van der Waals surface area (Å²) in [6.45, 7) is 33.2. The summed E-state index contributed by atoms with van der Waals surface area (Å²) in [7, 11) is -6.30. The maximum absolute atomic E-state index is 7.96. The van der Waals surface area contributed by atoms with E-state index in [0.29, 0.717) is 0 Å². The summed E-state index contributed by atoms with van der Waals surface area (Å²) in [5.74, 6) is -0.476. The normalized spacial score (nSPS) is 14.8. The molecule has 0 amide bonds. The van der Waals surface area contributed by atoms with E-state index >= 15 is 0 Å². The summed E-state index contributed by atoms with van der Waals surface area (Å²) >= 11 is 0. The van der Waals surface area contributed by atoms with E-state index in [1.165, 1.54) is 142 Å². The average molecular weight is 1470 g/mol. The van der Waals surface area contributed by atoms with Gasteiger partial charge in [0.15, 0.2) is 0 Å². The Labute approximate surface area is 676 Å². The van der Waals surface area contributed by atoms with Crippen LogP contribution >= 0.6 is 0 Å². The van der Waals surface area contributed by atoms with Crippen molar-refractivity contribution in [3.05, 3.63) is 355 Å². The Morgan fingerprint density at radius 1 is 0.259 bits per heavy atom. The fourth-order valence-corrected chi connectivity index (χ4v) is 21.3. The number of benzene rings is 10. The van der Waals surface area contributed by atoms with Crippen molar-refractivity contribution >= 4 is 28.3 Å². The molecule has 0 spiro atoms. The molecule has 0 aromatic heterocycles. The third-order valence-electron chi connectivity index (χ3n) is 19.8. The summed E-state index contributed by atoms with van der Waals surface area (Å²) in [4.78, 5) is 12.5. The fourth-order valence-electron chi connectivity index (χ4n) is 14.5. The summed E-state index contributed by atoms with van der Waals surface area (Å²) in [6.07, 6.45) is 12.8. The monoisotopic (exact) mass is 1460 g/mol. The van der Waals surface area contributed by atoms with E-state index in [0.717, 1.165) is 77.4 Å². The molecule has 0 N–H and O–H groups in total. The number of hydrogen-bond donors (Lipinski definition) is 0. The molecule has 8 nitrogen and oxygen atoms in total. The van der Waals surface area contributed by atoms with Gasteiger partial charge in [0, 0.05) is 89.7 Å². The molecule has 5 aliphatic rings. The molecule has 558 valence electrons. The van der Waals surface area contributed by atoms with Crippen LogP contribution in [0.1, 0.15) is 207 Å². The quantitative estimate of drug-likeness (QED) is 0.0629. The Kier molecular flexibility index (Phi) is 35.6. The molecule has 5 heterocycles. The van der Waals surface area contributed by atoms with Crippen molar-refractivity contribution in [1.82, 2.24) is 0 Å². The maximum atomic E-state index is 7.96. The molecule has 0 radical (unpaired) electrons. The topological polar surface area (TPSA) is 83.6 Å². The molecule has 10 aromatic rings. The van der Waals surface area contributed by atoms with E-state index in [-0.39, 0.29) is 72.2 Å². The summed E-state index contributed by atoms with van der Waals surface area (Å²) in [5, 5.41) is 0. The number of rotatable bonds is 18. The minimum Gasteiger partial charge on any atom is -0.666 e. The van der Waals surface area contributed by atoms with Crippen LogP contribution in [0, 0.1) is 0 Å². The van der Waals surface area contributed by atoms with Crippen molar-refractivity contribution in [3.63, 3.8) is 0 Å². The summed E-state index contributed by atoms with van der Waals surface area (Å²) < 4.78 is 32.7. The number of nitrogens with zero attached hydrogens (tertiary/aromatic N) is 2. The molecule has 0 atom stereocenters. The minimum absolute atomic E-state index is 0. The van der Waals surface area contributed by atoms with Crippen molar-refractivity contribution < 1.29 is 65.5 Å². The zero-order chi connectivity index (χ0) is 74.5. The van der Waals surface area contributed by atoms with Crippen molar-refractivity contribution in [3.8, 4) is 0 Å². The van der Waals surface area contributed by atoms with Gasteiger partial charge in [0.05, 0.1) is 17.0 Å². The third-order valence-corrected chi connectivity index (χ3v) is 25.3. The second kappa shape index (κ2) is 44.3. The molecule has 108 heavy (non-hydrogen) atoms. The molecule has 12 heteroatoms. The molecule has 0 saturated carbocycles. The van der Waals surface area contributed by atoms with Crippen LogP contribution in [-0.2, 0) is 38.6 Å². The smallest absolute Gasteiger partial charge is 0.666 e. The molecular weight excluding hydrogens is 1350 g/mol. The molecule has 0 unspecified atom stereocenters. The third kappa shape index (κ3) is 26.4. The van der Waals surface area contributed by atoms with Crippen LogP contribution in [0.25, 0.3) is 9.96 Å². The van der Waals surface area contributed by atoms with Gasteiger partial charge in [-0.25, -0.2) is 0 Å². The molecule has 0 aliphatic carbocycles. The molecule has 0 bridgehead atoms. The maximum Gasteiger partial charge on any atom is 1.00 e. The Bertz CT molecular complexity index is 3410. The van der Waals surface area contributed by atoms with Crippen LogP contribution in [0.3, 0.4) is 0 Å². The predicted octanol–water partition coefficient (Wildman–Crippen LogP) is 19.1. The van der Waals surface area contributed by atoms with Gasteiger partial charge in [-0.15, -0.1) is 11.4 Å². The van der Waals surface area contributed by atoms with Crippen LogP contribution < -0.4 is 37.7 Å². The summed E-state index contributed by atoms with van der Waals surface area (Å²) in [6, 6.07) is 98.0. The number of ether oxygens (including phenoxy) is 5. The molecule has 5 saturated heterocycles. The fraction of sp³-hybridized carbons (Fsp3) is 0.375. The first-order valence-corrected chi connectivity index (χ1v) is 45.0. The Morgan fingerprint density at radius 3 is 0.528 bits per heavy atom. The van der Waals surface area contributed by atoms with E-state index in [2.05, 4.69) is 335 Å². The first kappa shape index (κ1) is 86.8. The Morgan fingerprint density at radius 2 is 0.407 bits per heavy atom. The van der Waals surface area contributed by atoms with Gasteiger partial charge in [-0.1, -0.05) is 357 Å². The van der Waals surface area contributed by atoms with Gasteiger partial charge in [-0.3, -0.25) is 0 Å². The van der Waals surface area contributed by atoms with Gasteiger partial charge in [-0.2, -0.15) is 0 Å². The Balaban J connectivity index is 0.000000457. The van der Waals surface area contributed by atoms with Gasteiger partial charge in [0.1, 0.15) is 0 Å². The SMILES string of the molecule is C1CCOC1.C1CCOC1.C1CCOC1.C1CCOC1.C1CCOC1.CC(C)(C)c1cc(C(c2ccccc2)c2ccccc2)c([N-][Si](C)(C)O[Si](C)(C)[N-]c2c(C(c3ccccc3)c3ccccc3)cc(C(C)(C)C)cc2C(c2ccccc2)c2ccccc2)c(C(c2ccccc2)c2ccccc2)c1.[Li+].[Li+]. The Hall–Kier alpha value is -6.81. The van der Waals surface area contributed by atoms with Crippen molar-refractivity contribution in [2.24, 2.45) is 0 Å². The second-order valence-corrected chi connectivity index (χ2v) is 38.4. The van der Waals surface area contributed by atoms with Gasteiger partial charge in [-0.05, 0) is 131 Å².